The number of carbonyl (C=O) groups excluding carboxylic acids is 1. The van der Waals surface area contributed by atoms with E-state index in [4.69, 9.17) is 0 Å². The monoisotopic (exact) mass is 312 g/mol. The number of nitrogens with zero attached hydrogens (tertiary/aromatic N) is 1. The van der Waals surface area contributed by atoms with Gasteiger partial charge in [-0.05, 0) is 36.1 Å². The Bertz CT molecular complexity index is 1060. The normalized spacial score (nSPS) is 10.9. The van der Waals surface area contributed by atoms with Gasteiger partial charge in [-0.15, -0.1) is 0 Å². The minimum absolute atomic E-state index is 0.198. The molecule has 1 heterocycles. The molecule has 0 fully saturated rings. The molecule has 3 nitrogen and oxygen atoms in total. The lowest BCUT2D eigenvalue weighted by Gasteiger charge is -2.11. The standard InChI is InChI=1S/C21H16N2O/c1-14-6-4-8-16-9-5-11-18(20(14)16)23-21(24)19-13-12-15-7-2-3-10-17(15)22-19/h2-13H,1H3,(H,23,24). The van der Waals surface area contributed by atoms with Crippen LogP contribution in [0.4, 0.5) is 5.69 Å². The molecule has 0 spiro atoms. The number of aromatic nitrogens is 1. The fourth-order valence-corrected chi connectivity index (χ4v) is 3.01. The fourth-order valence-electron chi connectivity index (χ4n) is 3.01. The number of amides is 1. The van der Waals surface area contributed by atoms with Gasteiger partial charge in [-0.25, -0.2) is 4.98 Å². The summed E-state index contributed by atoms with van der Waals surface area (Å²) < 4.78 is 0. The summed E-state index contributed by atoms with van der Waals surface area (Å²) >= 11 is 0. The maximum absolute atomic E-state index is 12.6. The van der Waals surface area contributed by atoms with Crippen molar-refractivity contribution in [1.82, 2.24) is 4.98 Å². The third-order valence-electron chi connectivity index (χ3n) is 4.19. The van der Waals surface area contributed by atoms with Crippen molar-refractivity contribution in [2.24, 2.45) is 0 Å². The average Bonchev–Trinajstić information content (AvgIpc) is 2.61. The Hall–Kier alpha value is -3.20. The maximum Gasteiger partial charge on any atom is 0.274 e. The van der Waals surface area contributed by atoms with Crippen molar-refractivity contribution in [1.29, 1.82) is 0 Å². The summed E-state index contributed by atoms with van der Waals surface area (Å²) in [6, 6.07) is 23.5. The predicted molar refractivity (Wildman–Crippen MR) is 98.4 cm³/mol. The molecule has 4 rings (SSSR count). The lowest BCUT2D eigenvalue weighted by atomic mass is 10.0. The number of rotatable bonds is 2. The molecule has 1 amide bonds. The van der Waals surface area contributed by atoms with Crippen molar-refractivity contribution in [2.45, 2.75) is 6.92 Å². The molecule has 0 bridgehead atoms. The van der Waals surface area contributed by atoms with E-state index in [1.54, 1.807) is 6.07 Å². The largest absolute Gasteiger partial charge is 0.320 e. The van der Waals surface area contributed by atoms with E-state index in [1.165, 1.54) is 0 Å². The number of aryl methyl sites for hydroxylation is 1. The number of pyridine rings is 1. The summed E-state index contributed by atoms with van der Waals surface area (Å²) in [6.45, 7) is 2.05. The molecule has 0 aliphatic heterocycles. The van der Waals surface area contributed by atoms with E-state index < -0.39 is 0 Å². The van der Waals surface area contributed by atoms with Gasteiger partial charge in [-0.3, -0.25) is 4.79 Å². The molecular formula is C21H16N2O. The molecule has 24 heavy (non-hydrogen) atoms. The van der Waals surface area contributed by atoms with Crippen molar-refractivity contribution < 1.29 is 4.79 Å². The van der Waals surface area contributed by atoms with Gasteiger partial charge in [0.05, 0.1) is 5.52 Å². The van der Waals surface area contributed by atoms with Crippen molar-refractivity contribution in [3.05, 3.63) is 84.1 Å². The van der Waals surface area contributed by atoms with Gasteiger partial charge in [-0.2, -0.15) is 0 Å². The Labute approximate surface area is 140 Å². The first-order valence-electron chi connectivity index (χ1n) is 7.88. The third-order valence-corrected chi connectivity index (χ3v) is 4.19. The smallest absolute Gasteiger partial charge is 0.274 e. The number of anilines is 1. The maximum atomic E-state index is 12.6. The molecule has 0 radical (unpaired) electrons. The first-order chi connectivity index (χ1) is 11.7. The Balaban J connectivity index is 1.73. The molecule has 0 aliphatic rings. The molecule has 4 aromatic rings. The second-order valence-electron chi connectivity index (χ2n) is 5.82. The Kier molecular flexibility index (Phi) is 3.47. The highest BCUT2D eigenvalue weighted by molar-refractivity contribution is 6.09. The number of hydrogen-bond donors (Lipinski definition) is 1. The van der Waals surface area contributed by atoms with Crippen LogP contribution < -0.4 is 5.32 Å². The molecule has 0 unspecified atom stereocenters. The van der Waals surface area contributed by atoms with Crippen LogP contribution in [-0.2, 0) is 0 Å². The highest BCUT2D eigenvalue weighted by Gasteiger charge is 2.11. The highest BCUT2D eigenvalue weighted by atomic mass is 16.1. The number of hydrogen-bond acceptors (Lipinski definition) is 2. The number of nitrogens with one attached hydrogen (secondary N) is 1. The van der Waals surface area contributed by atoms with Gasteiger partial charge in [-0.1, -0.05) is 54.6 Å². The Morgan fingerprint density at radius 1 is 0.833 bits per heavy atom. The SMILES string of the molecule is Cc1cccc2cccc(NC(=O)c3ccc4ccccc4n3)c12. The predicted octanol–water partition coefficient (Wildman–Crippen LogP) is 4.95. The summed E-state index contributed by atoms with van der Waals surface area (Å²) in [6.07, 6.45) is 0. The van der Waals surface area contributed by atoms with E-state index in [0.29, 0.717) is 5.69 Å². The van der Waals surface area contributed by atoms with E-state index >= 15 is 0 Å². The summed E-state index contributed by atoms with van der Waals surface area (Å²) in [7, 11) is 0. The minimum atomic E-state index is -0.198. The zero-order valence-electron chi connectivity index (χ0n) is 13.3. The van der Waals surface area contributed by atoms with Crippen LogP contribution in [0.3, 0.4) is 0 Å². The number of para-hydroxylation sites is 1. The van der Waals surface area contributed by atoms with Gasteiger partial charge in [0.15, 0.2) is 0 Å². The zero-order valence-corrected chi connectivity index (χ0v) is 13.3. The highest BCUT2D eigenvalue weighted by Crippen LogP contribution is 2.27. The van der Waals surface area contributed by atoms with Crippen LogP contribution >= 0.6 is 0 Å². The topological polar surface area (TPSA) is 42.0 Å². The van der Waals surface area contributed by atoms with Gasteiger partial charge in [0.1, 0.15) is 5.69 Å². The van der Waals surface area contributed by atoms with Crippen molar-refractivity contribution >= 4 is 33.3 Å². The third kappa shape index (κ3) is 2.50. The van der Waals surface area contributed by atoms with Gasteiger partial charge in [0.25, 0.3) is 5.91 Å². The molecule has 1 aromatic heterocycles. The van der Waals surface area contributed by atoms with Crippen molar-refractivity contribution in [2.75, 3.05) is 5.32 Å². The molecular weight excluding hydrogens is 296 g/mol. The van der Waals surface area contributed by atoms with E-state index in [1.807, 2.05) is 73.7 Å². The first kappa shape index (κ1) is 14.4. The molecule has 0 saturated carbocycles. The summed E-state index contributed by atoms with van der Waals surface area (Å²) in [5, 5.41) is 6.20. The Morgan fingerprint density at radius 2 is 1.58 bits per heavy atom. The van der Waals surface area contributed by atoms with Gasteiger partial charge >= 0.3 is 0 Å². The van der Waals surface area contributed by atoms with Crippen molar-refractivity contribution in [3.8, 4) is 0 Å². The van der Waals surface area contributed by atoms with E-state index in [0.717, 1.165) is 32.9 Å². The lowest BCUT2D eigenvalue weighted by molar-refractivity contribution is 0.102. The summed E-state index contributed by atoms with van der Waals surface area (Å²) in [5.74, 6) is -0.198. The second kappa shape index (κ2) is 5.78. The summed E-state index contributed by atoms with van der Waals surface area (Å²) in [4.78, 5) is 17.1. The second-order valence-corrected chi connectivity index (χ2v) is 5.82. The van der Waals surface area contributed by atoms with Gasteiger partial charge < -0.3 is 5.32 Å². The molecule has 0 atom stereocenters. The van der Waals surface area contributed by atoms with Crippen LogP contribution in [0.5, 0.6) is 0 Å². The van der Waals surface area contributed by atoms with Crippen LogP contribution in [0.25, 0.3) is 21.7 Å². The van der Waals surface area contributed by atoms with E-state index in [-0.39, 0.29) is 5.91 Å². The molecule has 3 heteroatoms. The summed E-state index contributed by atoms with van der Waals surface area (Å²) in [5.41, 5.74) is 3.18. The molecule has 0 aliphatic carbocycles. The van der Waals surface area contributed by atoms with E-state index in [9.17, 15) is 4.79 Å². The molecule has 1 N–H and O–H groups in total. The van der Waals surface area contributed by atoms with Crippen LogP contribution in [0.15, 0.2) is 72.8 Å². The van der Waals surface area contributed by atoms with Crippen molar-refractivity contribution in [3.63, 3.8) is 0 Å². The van der Waals surface area contributed by atoms with Crippen LogP contribution in [0, 0.1) is 6.92 Å². The molecule has 116 valence electrons. The lowest BCUT2D eigenvalue weighted by Crippen LogP contribution is -2.14. The first-order valence-corrected chi connectivity index (χ1v) is 7.88. The molecule has 0 saturated heterocycles. The van der Waals surface area contributed by atoms with Gasteiger partial charge in [0, 0.05) is 16.5 Å². The quantitative estimate of drug-likeness (QED) is 0.569. The number of benzene rings is 3. The van der Waals surface area contributed by atoms with Gasteiger partial charge in [0.2, 0.25) is 0 Å². The van der Waals surface area contributed by atoms with Crippen LogP contribution in [0.1, 0.15) is 16.1 Å². The number of fused-ring (bicyclic) bond motifs is 2. The minimum Gasteiger partial charge on any atom is -0.320 e. The van der Waals surface area contributed by atoms with Crippen LogP contribution in [0.2, 0.25) is 0 Å². The number of carbonyl (C=O) groups is 1. The van der Waals surface area contributed by atoms with Crippen LogP contribution in [-0.4, -0.2) is 10.9 Å². The average molecular weight is 312 g/mol. The zero-order chi connectivity index (χ0) is 16.5. The fraction of sp³-hybridized carbons (Fsp3) is 0.0476. The Morgan fingerprint density at radius 3 is 2.46 bits per heavy atom. The molecule has 3 aromatic carbocycles. The van der Waals surface area contributed by atoms with E-state index in [2.05, 4.69) is 10.3 Å².